The number of amides is 6. The number of hydrogen-bond acceptors (Lipinski definition) is 8. The van der Waals surface area contributed by atoms with Gasteiger partial charge in [0, 0.05) is 6.07 Å². The Kier molecular flexibility index (Phi) is 7.30. The van der Waals surface area contributed by atoms with Crippen molar-refractivity contribution in [1.29, 1.82) is 0 Å². The molecule has 2 aliphatic rings. The van der Waals surface area contributed by atoms with Crippen LogP contribution in [0.4, 0.5) is 16.2 Å². The summed E-state index contributed by atoms with van der Waals surface area (Å²) in [6.45, 7) is 4.06. The standard InChI is InChI=1S/C25H22N4O7S/c1-3-35-15-10-11-19(36-4-2)18(12-15)29-23(33)16(20(30)26-24(29)34)13-17-21(31)27-25(37)28(22(17)32)14-8-6-5-7-9-14/h5-13,17H,3-4H2,1-2H3,(H,26,30,34)(H,27,31,37)/b16-13+/t17-/m0/s1. The molecule has 2 aliphatic heterocycles. The number of nitrogens with one attached hydrogen (secondary N) is 2. The smallest absolute Gasteiger partial charge is 0.336 e. The summed E-state index contributed by atoms with van der Waals surface area (Å²) in [6, 6.07) is 11.9. The highest BCUT2D eigenvalue weighted by atomic mass is 32.1. The van der Waals surface area contributed by atoms with Crippen molar-refractivity contribution in [3.63, 3.8) is 0 Å². The van der Waals surface area contributed by atoms with Gasteiger partial charge < -0.3 is 14.8 Å². The zero-order valence-electron chi connectivity index (χ0n) is 19.8. The predicted octanol–water partition coefficient (Wildman–Crippen LogP) is 2.06. The van der Waals surface area contributed by atoms with E-state index in [0.717, 1.165) is 11.0 Å². The van der Waals surface area contributed by atoms with Crippen LogP contribution in [0.25, 0.3) is 0 Å². The highest BCUT2D eigenvalue weighted by molar-refractivity contribution is 7.80. The number of carbonyl (C=O) groups excluding carboxylic acids is 5. The number of ether oxygens (including phenoxy) is 2. The van der Waals surface area contributed by atoms with Gasteiger partial charge in [0.25, 0.3) is 11.8 Å². The number of urea groups is 1. The Labute approximate surface area is 217 Å². The summed E-state index contributed by atoms with van der Waals surface area (Å²) in [6.07, 6.45) is 0.930. The van der Waals surface area contributed by atoms with E-state index in [1.54, 1.807) is 50.2 Å². The number of hydrogen-bond donors (Lipinski definition) is 2. The lowest BCUT2D eigenvalue weighted by atomic mass is 9.98. The van der Waals surface area contributed by atoms with Gasteiger partial charge >= 0.3 is 6.03 Å². The molecule has 2 aromatic rings. The Morgan fingerprint density at radius 1 is 0.919 bits per heavy atom. The molecule has 2 N–H and O–H groups in total. The highest BCUT2D eigenvalue weighted by Crippen LogP contribution is 2.35. The molecule has 0 radical (unpaired) electrons. The number of rotatable bonds is 7. The molecule has 37 heavy (non-hydrogen) atoms. The first-order chi connectivity index (χ1) is 17.8. The third-order valence-electron chi connectivity index (χ3n) is 5.43. The number of nitrogens with zero attached hydrogens (tertiary/aromatic N) is 2. The SMILES string of the molecule is CCOc1ccc(OCC)c(N2C(=O)NC(=O)/C(=C\[C@H]3C(=O)NC(=S)N(c4ccccc4)C3=O)C2=O)c1. The van der Waals surface area contributed by atoms with Crippen LogP contribution in [0.3, 0.4) is 0 Å². The molecule has 0 spiro atoms. The summed E-state index contributed by atoms with van der Waals surface area (Å²) < 4.78 is 11.0. The average molecular weight is 523 g/mol. The minimum atomic E-state index is -1.56. The fourth-order valence-electron chi connectivity index (χ4n) is 3.83. The molecule has 2 aromatic carbocycles. The van der Waals surface area contributed by atoms with Crippen LogP contribution in [0.2, 0.25) is 0 Å². The summed E-state index contributed by atoms with van der Waals surface area (Å²) in [7, 11) is 0. The predicted molar refractivity (Wildman–Crippen MR) is 136 cm³/mol. The van der Waals surface area contributed by atoms with Crippen molar-refractivity contribution in [2.75, 3.05) is 23.0 Å². The Bertz CT molecular complexity index is 1340. The number of carbonyl (C=O) groups is 5. The third-order valence-corrected chi connectivity index (χ3v) is 5.72. The van der Waals surface area contributed by atoms with Crippen molar-refractivity contribution in [3.8, 4) is 11.5 Å². The second-order valence-corrected chi connectivity index (χ2v) is 8.14. The molecule has 0 aliphatic carbocycles. The van der Waals surface area contributed by atoms with Crippen LogP contribution in [-0.2, 0) is 19.2 Å². The molecular weight excluding hydrogens is 500 g/mol. The van der Waals surface area contributed by atoms with Gasteiger partial charge in [-0.05, 0) is 56.4 Å². The van der Waals surface area contributed by atoms with Gasteiger partial charge in [-0.3, -0.25) is 29.4 Å². The van der Waals surface area contributed by atoms with Crippen molar-refractivity contribution >= 4 is 58.4 Å². The van der Waals surface area contributed by atoms with Gasteiger partial charge in [-0.1, -0.05) is 18.2 Å². The van der Waals surface area contributed by atoms with Crippen LogP contribution in [0.1, 0.15) is 13.8 Å². The number of imide groups is 2. The van der Waals surface area contributed by atoms with E-state index in [1.165, 1.54) is 12.1 Å². The summed E-state index contributed by atoms with van der Waals surface area (Å²) in [4.78, 5) is 66.7. The number of benzene rings is 2. The maximum atomic E-state index is 13.5. The summed E-state index contributed by atoms with van der Waals surface area (Å²) in [5.74, 6) is -4.67. The summed E-state index contributed by atoms with van der Waals surface area (Å²) in [5, 5.41) is 4.36. The fourth-order valence-corrected chi connectivity index (χ4v) is 4.12. The van der Waals surface area contributed by atoms with Gasteiger partial charge in [0.1, 0.15) is 23.0 Å². The monoisotopic (exact) mass is 522 g/mol. The number of barbiturate groups is 1. The molecule has 190 valence electrons. The molecule has 4 rings (SSSR count). The van der Waals surface area contributed by atoms with E-state index in [-0.39, 0.29) is 23.2 Å². The first kappa shape index (κ1) is 25.5. The first-order valence-corrected chi connectivity index (χ1v) is 11.7. The minimum absolute atomic E-state index is 0.0280. The second-order valence-electron chi connectivity index (χ2n) is 7.76. The molecule has 1 atom stereocenters. The Morgan fingerprint density at radius 3 is 2.30 bits per heavy atom. The fraction of sp³-hybridized carbons (Fsp3) is 0.200. The second kappa shape index (κ2) is 10.6. The van der Waals surface area contributed by atoms with Crippen molar-refractivity contribution in [3.05, 3.63) is 60.2 Å². The van der Waals surface area contributed by atoms with Gasteiger partial charge in [0.15, 0.2) is 5.11 Å². The van der Waals surface area contributed by atoms with Gasteiger partial charge in [0.05, 0.1) is 24.6 Å². The maximum Gasteiger partial charge on any atom is 0.336 e. The molecule has 6 amide bonds. The molecule has 2 saturated heterocycles. The molecule has 2 fully saturated rings. The maximum absolute atomic E-state index is 13.5. The van der Waals surface area contributed by atoms with Gasteiger partial charge in [-0.15, -0.1) is 0 Å². The molecule has 0 unspecified atom stereocenters. The van der Waals surface area contributed by atoms with E-state index in [1.807, 2.05) is 0 Å². The van der Waals surface area contributed by atoms with Gasteiger partial charge in [0.2, 0.25) is 11.8 Å². The zero-order chi connectivity index (χ0) is 26.7. The summed E-state index contributed by atoms with van der Waals surface area (Å²) in [5.41, 5.74) is -0.148. The Balaban J connectivity index is 1.74. The van der Waals surface area contributed by atoms with E-state index in [4.69, 9.17) is 21.7 Å². The average Bonchev–Trinajstić information content (AvgIpc) is 2.85. The normalized spacial score (nSPS) is 19.2. The van der Waals surface area contributed by atoms with E-state index in [2.05, 4.69) is 10.6 Å². The molecule has 11 nitrogen and oxygen atoms in total. The lowest BCUT2D eigenvalue weighted by molar-refractivity contribution is -0.131. The van der Waals surface area contributed by atoms with Gasteiger partial charge in [-0.2, -0.15) is 0 Å². The molecule has 0 aromatic heterocycles. The quantitative estimate of drug-likeness (QED) is 0.244. The topological polar surface area (TPSA) is 134 Å². The number of anilines is 2. The van der Waals surface area contributed by atoms with Crippen molar-refractivity contribution in [2.45, 2.75) is 13.8 Å². The van der Waals surface area contributed by atoms with E-state index >= 15 is 0 Å². The third kappa shape index (κ3) is 4.91. The van der Waals surface area contributed by atoms with Crippen LogP contribution in [0.15, 0.2) is 60.2 Å². The summed E-state index contributed by atoms with van der Waals surface area (Å²) >= 11 is 5.17. The van der Waals surface area contributed by atoms with Crippen LogP contribution in [-0.4, -0.2) is 48.0 Å². The van der Waals surface area contributed by atoms with E-state index in [0.29, 0.717) is 22.9 Å². The van der Waals surface area contributed by atoms with E-state index < -0.39 is 41.2 Å². The van der Waals surface area contributed by atoms with Crippen LogP contribution < -0.4 is 29.9 Å². The molecule has 0 saturated carbocycles. The van der Waals surface area contributed by atoms with Crippen molar-refractivity contribution < 1.29 is 33.4 Å². The van der Waals surface area contributed by atoms with Crippen LogP contribution in [0.5, 0.6) is 11.5 Å². The van der Waals surface area contributed by atoms with Gasteiger partial charge in [-0.25, -0.2) is 9.69 Å². The molecular formula is C25H22N4O7S. The molecule has 0 bridgehead atoms. The molecule has 12 heteroatoms. The number of para-hydroxylation sites is 1. The lowest BCUT2D eigenvalue weighted by Crippen LogP contribution is -2.59. The van der Waals surface area contributed by atoms with E-state index in [9.17, 15) is 24.0 Å². The van der Waals surface area contributed by atoms with Crippen LogP contribution >= 0.6 is 12.2 Å². The number of thiocarbonyl (C=S) groups is 1. The largest absolute Gasteiger partial charge is 0.494 e. The highest BCUT2D eigenvalue weighted by Gasteiger charge is 2.43. The Hall–Kier alpha value is -4.58. The van der Waals surface area contributed by atoms with Crippen molar-refractivity contribution in [2.24, 2.45) is 5.92 Å². The first-order valence-electron chi connectivity index (χ1n) is 11.3. The lowest BCUT2D eigenvalue weighted by Gasteiger charge is -2.32. The molecule has 2 heterocycles. The minimum Gasteiger partial charge on any atom is -0.494 e. The Morgan fingerprint density at radius 2 is 1.62 bits per heavy atom. The van der Waals surface area contributed by atoms with Crippen molar-refractivity contribution in [1.82, 2.24) is 10.6 Å². The van der Waals surface area contributed by atoms with Crippen LogP contribution in [0, 0.1) is 5.92 Å². The zero-order valence-corrected chi connectivity index (χ0v) is 20.7.